The molecule has 1 unspecified atom stereocenters. The number of hydrogen-bond acceptors (Lipinski definition) is 2. The third kappa shape index (κ3) is 2.83. The number of para-hydroxylation sites is 1. The first kappa shape index (κ1) is 12.1. The number of nitrogens with zero attached hydrogens (tertiary/aromatic N) is 1. The van der Waals surface area contributed by atoms with E-state index in [-0.39, 0.29) is 0 Å². The average molecular weight is 298 g/mol. The summed E-state index contributed by atoms with van der Waals surface area (Å²) in [5.41, 5.74) is 1.14. The van der Waals surface area contributed by atoms with E-state index in [0.717, 1.165) is 18.4 Å². The minimum Gasteiger partial charge on any atom is -0.241 e. The summed E-state index contributed by atoms with van der Waals surface area (Å²) in [5, 5.41) is 1.26. The van der Waals surface area contributed by atoms with Gasteiger partial charge in [0, 0.05) is 11.2 Å². The Kier molecular flexibility index (Phi) is 3.98. The van der Waals surface area contributed by atoms with Gasteiger partial charge in [0.25, 0.3) is 0 Å². The molecule has 0 aliphatic carbocycles. The number of thiazole rings is 1. The van der Waals surface area contributed by atoms with E-state index >= 15 is 0 Å². The number of fused-ring (bicyclic) bond motifs is 1. The summed E-state index contributed by atoms with van der Waals surface area (Å²) in [5.74, 6) is 0.689. The summed E-state index contributed by atoms with van der Waals surface area (Å²) >= 11 is 5.54. The predicted octanol–water partition coefficient (Wildman–Crippen LogP) is 4.65. The van der Waals surface area contributed by atoms with Crippen molar-refractivity contribution in [1.82, 2.24) is 4.98 Å². The molecule has 86 valence electrons. The minimum absolute atomic E-state index is 0.597. The van der Waals surface area contributed by atoms with Gasteiger partial charge in [-0.3, -0.25) is 0 Å². The molecule has 0 aliphatic heterocycles. The van der Waals surface area contributed by atoms with Crippen LogP contribution in [0.4, 0.5) is 0 Å². The fourth-order valence-electron chi connectivity index (χ4n) is 1.62. The Hall–Kier alpha value is -0.410. The normalized spacial score (nSPS) is 13.5. The maximum atomic E-state index is 4.64. The molecule has 2 aromatic rings. The molecule has 0 spiro atoms. The van der Waals surface area contributed by atoms with Crippen molar-refractivity contribution in [3.05, 3.63) is 29.3 Å². The first-order chi connectivity index (χ1) is 7.66. The number of halogens is 1. The van der Waals surface area contributed by atoms with Crippen molar-refractivity contribution < 1.29 is 0 Å². The molecule has 0 N–H and O–H groups in total. The van der Waals surface area contributed by atoms with Gasteiger partial charge < -0.3 is 0 Å². The highest BCUT2D eigenvalue weighted by Gasteiger charge is 2.10. The van der Waals surface area contributed by atoms with Crippen LogP contribution in [0.3, 0.4) is 0 Å². The largest absolute Gasteiger partial charge is 0.241 e. The molecule has 0 saturated heterocycles. The van der Waals surface area contributed by atoms with Gasteiger partial charge in [0.1, 0.15) is 0 Å². The molecular weight excluding hydrogens is 282 g/mol. The molecule has 1 nitrogen and oxygen atoms in total. The molecule has 0 bridgehead atoms. The van der Waals surface area contributed by atoms with E-state index in [0.29, 0.717) is 10.7 Å². The van der Waals surface area contributed by atoms with Gasteiger partial charge in [0.15, 0.2) is 0 Å². The summed E-state index contributed by atoms with van der Waals surface area (Å²) in [7, 11) is 0. The van der Waals surface area contributed by atoms with E-state index < -0.39 is 0 Å². The van der Waals surface area contributed by atoms with E-state index in [1.165, 1.54) is 9.71 Å². The number of aromatic nitrogens is 1. The smallest absolute Gasteiger partial charge is 0.0939 e. The minimum atomic E-state index is 0.597. The Bertz CT molecular complexity index is 431. The van der Waals surface area contributed by atoms with Gasteiger partial charge in [-0.2, -0.15) is 0 Å². The van der Waals surface area contributed by atoms with Crippen LogP contribution in [-0.4, -0.2) is 9.81 Å². The molecule has 1 atom stereocenters. The van der Waals surface area contributed by atoms with Crippen LogP contribution in [0.5, 0.6) is 0 Å². The molecule has 0 radical (unpaired) electrons. The van der Waals surface area contributed by atoms with Crippen molar-refractivity contribution in [2.24, 2.45) is 5.92 Å². The second-order valence-electron chi connectivity index (χ2n) is 4.37. The lowest BCUT2D eigenvalue weighted by molar-refractivity contribution is 0.581. The Morgan fingerprint density at radius 2 is 2.06 bits per heavy atom. The van der Waals surface area contributed by atoms with Crippen LogP contribution in [-0.2, 0) is 6.42 Å². The van der Waals surface area contributed by atoms with Crippen molar-refractivity contribution in [1.29, 1.82) is 0 Å². The molecule has 1 heterocycles. The second-order valence-corrected chi connectivity index (χ2v) is 6.67. The molecule has 0 aliphatic rings. The number of benzene rings is 1. The number of rotatable bonds is 4. The number of alkyl halides is 1. The van der Waals surface area contributed by atoms with Crippen molar-refractivity contribution >= 4 is 37.5 Å². The lowest BCUT2D eigenvalue weighted by atomic mass is 10.1. The molecular formula is C13H16BrNS. The summed E-state index contributed by atoms with van der Waals surface area (Å²) in [6.45, 7) is 4.50. The van der Waals surface area contributed by atoms with Gasteiger partial charge in [0.05, 0.1) is 15.2 Å². The van der Waals surface area contributed by atoms with Crippen LogP contribution in [0, 0.1) is 5.92 Å². The van der Waals surface area contributed by atoms with Gasteiger partial charge in [-0.15, -0.1) is 11.3 Å². The topological polar surface area (TPSA) is 12.9 Å². The van der Waals surface area contributed by atoms with Gasteiger partial charge in [-0.1, -0.05) is 41.9 Å². The van der Waals surface area contributed by atoms with E-state index in [9.17, 15) is 0 Å². The maximum Gasteiger partial charge on any atom is 0.0939 e. The van der Waals surface area contributed by atoms with E-state index in [2.05, 4.69) is 53.0 Å². The summed E-state index contributed by atoms with van der Waals surface area (Å²) < 4.78 is 1.30. The molecule has 16 heavy (non-hydrogen) atoms. The predicted molar refractivity (Wildman–Crippen MR) is 75.5 cm³/mol. The van der Waals surface area contributed by atoms with Crippen LogP contribution in [0.15, 0.2) is 24.3 Å². The first-order valence-electron chi connectivity index (χ1n) is 5.65. The maximum absolute atomic E-state index is 4.64. The number of hydrogen-bond donors (Lipinski definition) is 0. The monoisotopic (exact) mass is 297 g/mol. The summed E-state index contributed by atoms with van der Waals surface area (Å²) in [6.07, 6.45) is 2.24. The summed E-state index contributed by atoms with van der Waals surface area (Å²) in [4.78, 5) is 5.24. The Morgan fingerprint density at radius 1 is 1.31 bits per heavy atom. The molecule has 2 rings (SSSR count). The lowest BCUT2D eigenvalue weighted by Crippen LogP contribution is -2.07. The van der Waals surface area contributed by atoms with Gasteiger partial charge in [-0.05, 0) is 24.5 Å². The first-order valence-corrected chi connectivity index (χ1v) is 7.38. The highest BCUT2D eigenvalue weighted by molar-refractivity contribution is 9.09. The standard InChI is InChI=1S/C13H16BrNS/c1-9(2)10(14)7-8-13-15-11-5-3-4-6-12(11)16-13/h3-6,9-10H,7-8H2,1-2H3. The van der Waals surface area contributed by atoms with Crippen LogP contribution >= 0.6 is 27.3 Å². The lowest BCUT2D eigenvalue weighted by Gasteiger charge is -2.11. The van der Waals surface area contributed by atoms with Gasteiger partial charge >= 0.3 is 0 Å². The van der Waals surface area contributed by atoms with Gasteiger partial charge in [0.2, 0.25) is 0 Å². The Labute approximate surface area is 109 Å². The highest BCUT2D eigenvalue weighted by atomic mass is 79.9. The molecule has 0 amide bonds. The molecule has 1 aromatic carbocycles. The highest BCUT2D eigenvalue weighted by Crippen LogP contribution is 2.25. The average Bonchev–Trinajstić information content (AvgIpc) is 2.68. The summed E-state index contributed by atoms with van der Waals surface area (Å²) in [6, 6.07) is 8.35. The van der Waals surface area contributed by atoms with E-state index in [1.54, 1.807) is 0 Å². The van der Waals surface area contributed by atoms with Crippen LogP contribution < -0.4 is 0 Å². The number of aryl methyl sites for hydroxylation is 1. The van der Waals surface area contributed by atoms with E-state index in [4.69, 9.17) is 0 Å². The SMILES string of the molecule is CC(C)C(Br)CCc1nc2ccccc2s1. The fourth-order valence-corrected chi connectivity index (χ4v) is 2.83. The van der Waals surface area contributed by atoms with Crippen molar-refractivity contribution in [2.45, 2.75) is 31.5 Å². The third-order valence-electron chi connectivity index (χ3n) is 2.70. The Morgan fingerprint density at radius 3 is 2.75 bits per heavy atom. The van der Waals surface area contributed by atoms with Crippen LogP contribution in [0.1, 0.15) is 25.3 Å². The van der Waals surface area contributed by atoms with E-state index in [1.807, 2.05) is 17.4 Å². The zero-order valence-corrected chi connectivity index (χ0v) is 12.0. The molecule has 0 saturated carbocycles. The van der Waals surface area contributed by atoms with Gasteiger partial charge in [-0.25, -0.2) is 4.98 Å². The van der Waals surface area contributed by atoms with Crippen LogP contribution in [0.25, 0.3) is 10.2 Å². The molecule has 1 aromatic heterocycles. The van der Waals surface area contributed by atoms with Crippen molar-refractivity contribution in [3.8, 4) is 0 Å². The zero-order valence-electron chi connectivity index (χ0n) is 9.61. The molecule has 3 heteroatoms. The van der Waals surface area contributed by atoms with Crippen LogP contribution in [0.2, 0.25) is 0 Å². The molecule has 0 fully saturated rings. The second kappa shape index (κ2) is 5.28. The Balaban J connectivity index is 2.05. The zero-order chi connectivity index (χ0) is 11.5. The fraction of sp³-hybridized carbons (Fsp3) is 0.462. The quantitative estimate of drug-likeness (QED) is 0.749. The van der Waals surface area contributed by atoms with Crippen molar-refractivity contribution in [2.75, 3.05) is 0 Å². The van der Waals surface area contributed by atoms with Crippen molar-refractivity contribution in [3.63, 3.8) is 0 Å². The third-order valence-corrected chi connectivity index (χ3v) is 5.31.